The molecule has 1 unspecified atom stereocenters. The number of hydrogen-bond donors (Lipinski definition) is 0. The lowest BCUT2D eigenvalue weighted by molar-refractivity contribution is -0.115. The number of rotatable bonds is 2. The molecule has 3 rings (SSSR count). The molecule has 1 aliphatic heterocycles. The van der Waals surface area contributed by atoms with E-state index in [0.29, 0.717) is 0 Å². The van der Waals surface area contributed by atoms with Crippen LogP contribution in [-0.4, -0.2) is 11.9 Å². The molecule has 0 spiro atoms. The van der Waals surface area contributed by atoms with Crippen LogP contribution in [0.5, 0.6) is 0 Å². The highest BCUT2D eigenvalue weighted by atomic mass is 16.2. The van der Waals surface area contributed by atoms with Crippen LogP contribution in [0.1, 0.15) is 18.1 Å². The Morgan fingerprint density at radius 3 is 2.59 bits per heavy atom. The lowest BCUT2D eigenvalue weighted by Gasteiger charge is -2.22. The standard InChI is InChI=1S/C19H16N2O/c1-14-11-16-9-5-6-10-18(16)21(14)19(22)17(13-20)12-15-7-3-2-4-8-15/h2-10,12,14H,11H2,1H3/b17-12+. The summed E-state index contributed by atoms with van der Waals surface area (Å²) in [5, 5.41) is 9.39. The predicted molar refractivity (Wildman–Crippen MR) is 87.1 cm³/mol. The Morgan fingerprint density at radius 1 is 1.18 bits per heavy atom. The Morgan fingerprint density at radius 2 is 1.86 bits per heavy atom. The van der Waals surface area contributed by atoms with E-state index in [1.807, 2.05) is 67.6 Å². The Balaban J connectivity index is 1.96. The number of carbonyl (C=O) groups excluding carboxylic acids is 1. The Labute approximate surface area is 130 Å². The van der Waals surface area contributed by atoms with E-state index in [0.717, 1.165) is 23.2 Å². The van der Waals surface area contributed by atoms with Gasteiger partial charge in [-0.2, -0.15) is 5.26 Å². The van der Waals surface area contributed by atoms with Gasteiger partial charge in [-0.15, -0.1) is 0 Å². The molecule has 0 N–H and O–H groups in total. The molecule has 0 saturated carbocycles. The number of fused-ring (bicyclic) bond motifs is 1. The first kappa shape index (κ1) is 14.1. The second-order valence-corrected chi connectivity index (χ2v) is 5.44. The summed E-state index contributed by atoms with van der Waals surface area (Å²) in [6, 6.07) is 19.4. The third kappa shape index (κ3) is 2.51. The van der Waals surface area contributed by atoms with Crippen LogP contribution in [0.15, 0.2) is 60.2 Å². The number of para-hydroxylation sites is 1. The van der Waals surface area contributed by atoms with E-state index in [2.05, 4.69) is 0 Å². The average Bonchev–Trinajstić information content (AvgIpc) is 2.88. The Bertz CT molecular complexity index is 772. The van der Waals surface area contributed by atoms with E-state index in [9.17, 15) is 10.1 Å². The van der Waals surface area contributed by atoms with Crippen molar-refractivity contribution in [1.29, 1.82) is 5.26 Å². The first-order valence-electron chi connectivity index (χ1n) is 7.29. The summed E-state index contributed by atoms with van der Waals surface area (Å²) in [5.41, 5.74) is 3.08. The van der Waals surface area contributed by atoms with Gasteiger partial charge in [-0.1, -0.05) is 48.5 Å². The molecule has 1 heterocycles. The first-order valence-corrected chi connectivity index (χ1v) is 7.29. The summed E-state index contributed by atoms with van der Waals surface area (Å²) < 4.78 is 0. The molecule has 2 aromatic carbocycles. The largest absolute Gasteiger partial charge is 0.304 e. The van der Waals surface area contributed by atoms with Gasteiger partial charge in [-0.3, -0.25) is 4.79 Å². The highest BCUT2D eigenvalue weighted by Gasteiger charge is 2.32. The van der Waals surface area contributed by atoms with Gasteiger partial charge in [-0.25, -0.2) is 0 Å². The summed E-state index contributed by atoms with van der Waals surface area (Å²) in [5.74, 6) is -0.233. The molecular weight excluding hydrogens is 272 g/mol. The maximum absolute atomic E-state index is 12.8. The zero-order valence-corrected chi connectivity index (χ0v) is 12.4. The molecule has 22 heavy (non-hydrogen) atoms. The quantitative estimate of drug-likeness (QED) is 0.626. The summed E-state index contributed by atoms with van der Waals surface area (Å²) in [6.07, 6.45) is 2.47. The lowest BCUT2D eigenvalue weighted by atomic mass is 10.1. The van der Waals surface area contributed by atoms with Gasteiger partial charge < -0.3 is 4.90 Å². The first-order chi connectivity index (χ1) is 10.7. The minimum atomic E-state index is -0.233. The third-order valence-corrected chi connectivity index (χ3v) is 3.89. The van der Waals surface area contributed by atoms with E-state index < -0.39 is 0 Å². The summed E-state index contributed by atoms with van der Waals surface area (Å²) in [6.45, 7) is 2.01. The van der Waals surface area contributed by atoms with Crippen LogP contribution in [0.2, 0.25) is 0 Å². The van der Waals surface area contributed by atoms with Gasteiger partial charge in [0, 0.05) is 11.7 Å². The van der Waals surface area contributed by atoms with Gasteiger partial charge in [0.25, 0.3) is 5.91 Å². The average molecular weight is 288 g/mol. The van der Waals surface area contributed by atoms with Gasteiger partial charge in [0.15, 0.2) is 0 Å². The zero-order chi connectivity index (χ0) is 15.5. The van der Waals surface area contributed by atoms with E-state index >= 15 is 0 Å². The van der Waals surface area contributed by atoms with Crippen molar-refractivity contribution in [3.05, 3.63) is 71.3 Å². The molecule has 0 fully saturated rings. The molecule has 0 radical (unpaired) electrons. The van der Waals surface area contributed by atoms with Crippen LogP contribution in [0.3, 0.4) is 0 Å². The van der Waals surface area contributed by atoms with E-state index in [-0.39, 0.29) is 17.5 Å². The monoisotopic (exact) mass is 288 g/mol. The van der Waals surface area contributed by atoms with Crippen LogP contribution in [-0.2, 0) is 11.2 Å². The summed E-state index contributed by atoms with van der Waals surface area (Å²) in [4.78, 5) is 14.5. The maximum atomic E-state index is 12.8. The van der Waals surface area contributed by atoms with Crippen LogP contribution in [0.4, 0.5) is 5.69 Å². The number of nitrogens with zero attached hydrogens (tertiary/aromatic N) is 2. The van der Waals surface area contributed by atoms with Gasteiger partial charge in [0.05, 0.1) is 0 Å². The molecule has 1 aliphatic rings. The number of anilines is 1. The number of nitriles is 1. The molecule has 2 aromatic rings. The third-order valence-electron chi connectivity index (χ3n) is 3.89. The molecule has 3 nitrogen and oxygen atoms in total. The van der Waals surface area contributed by atoms with Crippen molar-refractivity contribution in [1.82, 2.24) is 0 Å². The number of benzene rings is 2. The molecule has 108 valence electrons. The molecule has 0 aliphatic carbocycles. The Hall–Kier alpha value is -2.86. The number of hydrogen-bond acceptors (Lipinski definition) is 2. The SMILES string of the molecule is CC1Cc2ccccc2N1C(=O)/C(C#N)=C/c1ccccc1. The fourth-order valence-electron chi connectivity index (χ4n) is 2.86. The number of carbonyl (C=O) groups is 1. The summed E-state index contributed by atoms with van der Waals surface area (Å²) in [7, 11) is 0. The van der Waals surface area contributed by atoms with Gasteiger partial charge in [-0.05, 0) is 36.6 Å². The molecule has 1 atom stereocenters. The molecule has 3 heteroatoms. The van der Waals surface area contributed by atoms with Crippen LogP contribution in [0.25, 0.3) is 6.08 Å². The van der Waals surface area contributed by atoms with Crippen molar-refractivity contribution < 1.29 is 4.79 Å². The highest BCUT2D eigenvalue weighted by molar-refractivity contribution is 6.12. The second-order valence-electron chi connectivity index (χ2n) is 5.44. The number of amides is 1. The van der Waals surface area contributed by atoms with E-state index in [1.165, 1.54) is 0 Å². The van der Waals surface area contributed by atoms with Crippen molar-refractivity contribution in [2.24, 2.45) is 0 Å². The van der Waals surface area contributed by atoms with Crippen molar-refractivity contribution in [3.8, 4) is 6.07 Å². The van der Waals surface area contributed by atoms with Crippen molar-refractivity contribution in [3.63, 3.8) is 0 Å². The smallest absolute Gasteiger partial charge is 0.269 e. The second kappa shape index (κ2) is 5.87. The van der Waals surface area contributed by atoms with Crippen LogP contribution < -0.4 is 4.90 Å². The van der Waals surface area contributed by atoms with Crippen molar-refractivity contribution in [2.75, 3.05) is 4.90 Å². The maximum Gasteiger partial charge on any atom is 0.269 e. The molecule has 1 amide bonds. The van der Waals surface area contributed by atoms with Crippen LogP contribution in [0, 0.1) is 11.3 Å². The van der Waals surface area contributed by atoms with E-state index in [4.69, 9.17) is 0 Å². The van der Waals surface area contributed by atoms with Crippen molar-refractivity contribution in [2.45, 2.75) is 19.4 Å². The highest BCUT2D eigenvalue weighted by Crippen LogP contribution is 2.33. The fourth-order valence-corrected chi connectivity index (χ4v) is 2.86. The van der Waals surface area contributed by atoms with E-state index in [1.54, 1.807) is 11.0 Å². The molecule has 0 saturated heterocycles. The zero-order valence-electron chi connectivity index (χ0n) is 12.4. The van der Waals surface area contributed by atoms with Crippen LogP contribution >= 0.6 is 0 Å². The minimum absolute atomic E-state index is 0.0671. The van der Waals surface area contributed by atoms with Gasteiger partial charge in [0.1, 0.15) is 11.6 Å². The topological polar surface area (TPSA) is 44.1 Å². The van der Waals surface area contributed by atoms with Gasteiger partial charge in [0.2, 0.25) is 0 Å². The molecule has 0 bridgehead atoms. The molecular formula is C19H16N2O. The lowest BCUT2D eigenvalue weighted by Crippen LogP contribution is -2.36. The molecule has 0 aromatic heterocycles. The Kier molecular flexibility index (Phi) is 3.76. The normalized spacial score (nSPS) is 17.0. The van der Waals surface area contributed by atoms with Crippen molar-refractivity contribution >= 4 is 17.7 Å². The van der Waals surface area contributed by atoms with Gasteiger partial charge >= 0.3 is 0 Å². The minimum Gasteiger partial charge on any atom is -0.304 e. The fraction of sp³-hybridized carbons (Fsp3) is 0.158. The summed E-state index contributed by atoms with van der Waals surface area (Å²) >= 11 is 0. The predicted octanol–water partition coefficient (Wildman–Crippen LogP) is 3.57.